The molecule has 0 spiro atoms. The highest BCUT2D eigenvalue weighted by molar-refractivity contribution is 9.10. The van der Waals surface area contributed by atoms with Crippen LogP contribution in [0.4, 0.5) is 0 Å². The van der Waals surface area contributed by atoms with E-state index in [1.54, 1.807) is 17.4 Å². The Morgan fingerprint density at radius 3 is 1.33 bits per heavy atom. The van der Waals surface area contributed by atoms with Crippen LogP contribution in [-0.4, -0.2) is 27.1 Å². The van der Waals surface area contributed by atoms with E-state index < -0.39 is 7.12 Å². The van der Waals surface area contributed by atoms with Gasteiger partial charge < -0.3 is 10.0 Å². The average molecular weight is 1000 g/mol. The van der Waals surface area contributed by atoms with Crippen molar-refractivity contribution in [2.45, 2.75) is 0 Å². The zero-order chi connectivity index (χ0) is 47.1. The molecule has 4 nitrogen and oxygen atoms in total. The molecule has 8 heteroatoms. The number of thiophene rings is 2. The summed E-state index contributed by atoms with van der Waals surface area (Å²) in [6.45, 7) is 0. The van der Waals surface area contributed by atoms with E-state index in [0.717, 1.165) is 25.6 Å². The van der Waals surface area contributed by atoms with Crippen molar-refractivity contribution in [3.63, 3.8) is 0 Å². The second-order valence-corrected chi connectivity index (χ2v) is 20.2. The van der Waals surface area contributed by atoms with Crippen LogP contribution in [0.1, 0.15) is 0 Å². The number of rotatable bonds is 4. The predicted octanol–water partition coefficient (Wildman–Crippen LogP) is 16.6. The van der Waals surface area contributed by atoms with Gasteiger partial charge in [-0.15, -0.1) is 22.7 Å². The van der Waals surface area contributed by atoms with E-state index >= 15 is 0 Å². The molecule has 0 aliphatic rings. The van der Waals surface area contributed by atoms with Crippen molar-refractivity contribution in [2.24, 2.45) is 0 Å². The molecule has 0 saturated carbocycles. The summed E-state index contributed by atoms with van der Waals surface area (Å²) in [5.41, 5.74) is 10.1. The highest BCUT2D eigenvalue weighted by atomic mass is 79.9. The summed E-state index contributed by atoms with van der Waals surface area (Å²) in [4.78, 5) is 9.32. The minimum atomic E-state index is -1.41. The molecule has 0 radical (unpaired) electrons. The van der Waals surface area contributed by atoms with Crippen LogP contribution in [0.25, 0.3) is 117 Å². The monoisotopic (exact) mass is 998 g/mol. The van der Waals surface area contributed by atoms with Crippen LogP contribution < -0.4 is 5.46 Å². The number of benzene rings is 10. The summed E-state index contributed by atoms with van der Waals surface area (Å²) in [6.07, 6.45) is 3.74. The maximum Gasteiger partial charge on any atom is 0.489 e. The SMILES string of the molecule is Brc1ccc(-c2cccc3ccc4cccnc4c23)cc1.OB(O)c1cccc2c1sc1ccccc12.c1cnc2c(c1)ccc1cccc(-c3ccc(-c4cccc5c4sc4ccccc45)cc3)c12. The lowest BCUT2D eigenvalue weighted by molar-refractivity contribution is 0.426. The van der Waals surface area contributed by atoms with Gasteiger partial charge in [-0.05, 0) is 91.4 Å². The zero-order valence-electron chi connectivity index (χ0n) is 37.5. The molecule has 0 bridgehead atoms. The van der Waals surface area contributed by atoms with E-state index in [9.17, 15) is 10.0 Å². The molecule has 10 aromatic carbocycles. The third-order valence-corrected chi connectivity index (χ3v) is 16.0. The quantitative estimate of drug-likeness (QED) is 0.136. The van der Waals surface area contributed by atoms with Gasteiger partial charge in [-0.2, -0.15) is 0 Å². The Labute approximate surface area is 420 Å². The fraction of sp³-hybridized carbons (Fsp3) is 0. The first-order chi connectivity index (χ1) is 34.5. The molecule has 0 atom stereocenters. The molecule has 0 unspecified atom stereocenters. The lowest BCUT2D eigenvalue weighted by Gasteiger charge is -2.11. The molecule has 332 valence electrons. The van der Waals surface area contributed by atoms with Crippen molar-refractivity contribution in [1.29, 1.82) is 0 Å². The fourth-order valence-electron chi connectivity index (χ4n) is 9.71. The second kappa shape index (κ2) is 18.7. The average Bonchev–Trinajstić information content (AvgIpc) is 4.00. The minimum Gasteiger partial charge on any atom is -0.423 e. The number of pyridine rings is 2. The molecule has 14 aromatic rings. The molecule has 0 amide bonds. The van der Waals surface area contributed by atoms with Gasteiger partial charge in [0.2, 0.25) is 0 Å². The number of nitrogens with zero attached hydrogens (tertiary/aromatic N) is 2. The second-order valence-electron chi connectivity index (χ2n) is 17.1. The Balaban J connectivity index is 0.000000117. The minimum absolute atomic E-state index is 0.582. The highest BCUT2D eigenvalue weighted by Gasteiger charge is 2.17. The molecule has 2 N–H and O–H groups in total. The summed E-state index contributed by atoms with van der Waals surface area (Å²) in [5, 5.41) is 30.8. The number of fused-ring (bicyclic) bond motifs is 12. The standard InChI is InChI=1S/C31H19NS.C19H12BrN.C12H9BO2S/c1-2-12-28-26(8-1)27-11-4-10-25(31(27)33-28)21-15-13-20(14-16-21)24-9-3-6-22-17-18-23-7-5-19-32-30(23)29(22)24;20-16-10-8-13(9-11-16)17-5-1-3-14-6-7-15-4-2-12-21-19(15)18(14)17;14-13(15)10-6-3-5-9-8-4-1-2-7-11(8)16-12(9)10/h1-19H;1-12H;1-7,14-15H. The maximum absolute atomic E-state index is 9.31. The largest absolute Gasteiger partial charge is 0.489 e. The zero-order valence-corrected chi connectivity index (χ0v) is 40.7. The van der Waals surface area contributed by atoms with Crippen LogP contribution in [0, 0.1) is 0 Å². The maximum atomic E-state index is 9.31. The van der Waals surface area contributed by atoms with Crippen LogP contribution in [0.5, 0.6) is 0 Å². The lowest BCUT2D eigenvalue weighted by Crippen LogP contribution is -2.29. The fourth-order valence-corrected chi connectivity index (χ4v) is 12.5. The topological polar surface area (TPSA) is 66.2 Å². The third-order valence-electron chi connectivity index (χ3n) is 13.0. The molecule has 14 rings (SSSR count). The molecule has 70 heavy (non-hydrogen) atoms. The van der Waals surface area contributed by atoms with Crippen molar-refractivity contribution < 1.29 is 10.0 Å². The molecule has 0 aliphatic heterocycles. The van der Waals surface area contributed by atoms with E-state index in [0.29, 0.717) is 5.46 Å². The van der Waals surface area contributed by atoms with Gasteiger partial charge in [0.1, 0.15) is 0 Å². The van der Waals surface area contributed by atoms with E-state index in [4.69, 9.17) is 4.98 Å². The van der Waals surface area contributed by atoms with Gasteiger partial charge in [0, 0.05) is 73.4 Å². The molecule has 0 fully saturated rings. The third kappa shape index (κ3) is 8.09. The van der Waals surface area contributed by atoms with Gasteiger partial charge in [0.05, 0.1) is 11.0 Å². The van der Waals surface area contributed by atoms with Gasteiger partial charge >= 0.3 is 7.12 Å². The summed E-state index contributed by atoms with van der Waals surface area (Å²) in [7, 11) is -1.41. The van der Waals surface area contributed by atoms with Gasteiger partial charge in [0.15, 0.2) is 0 Å². The Morgan fingerprint density at radius 1 is 0.357 bits per heavy atom. The Kier molecular flexibility index (Phi) is 11.7. The number of halogens is 1. The van der Waals surface area contributed by atoms with Gasteiger partial charge in [-0.1, -0.05) is 198 Å². The molecular formula is C62H40BBrN2O2S2. The van der Waals surface area contributed by atoms with Crippen molar-refractivity contribution in [3.05, 3.63) is 235 Å². The molecule has 0 saturated heterocycles. The van der Waals surface area contributed by atoms with Crippen molar-refractivity contribution in [3.8, 4) is 33.4 Å². The number of hydrogen-bond acceptors (Lipinski definition) is 6. The molecule has 4 aromatic heterocycles. The van der Waals surface area contributed by atoms with Crippen LogP contribution in [0.2, 0.25) is 0 Å². The van der Waals surface area contributed by atoms with Gasteiger partial charge in [-0.25, -0.2) is 0 Å². The van der Waals surface area contributed by atoms with E-state index in [2.05, 4.69) is 191 Å². The van der Waals surface area contributed by atoms with Crippen molar-refractivity contribution in [1.82, 2.24) is 9.97 Å². The Bertz CT molecular complexity index is 4250. The predicted molar refractivity (Wildman–Crippen MR) is 305 cm³/mol. The molecular weight excluding hydrogens is 960 g/mol. The van der Waals surface area contributed by atoms with Gasteiger partial charge in [0.25, 0.3) is 0 Å². The molecule has 4 heterocycles. The summed E-state index contributed by atoms with van der Waals surface area (Å²) in [6, 6.07) is 76.3. The molecule has 0 aliphatic carbocycles. The summed E-state index contributed by atoms with van der Waals surface area (Å²) < 4.78 is 5.91. The summed E-state index contributed by atoms with van der Waals surface area (Å²) in [5.74, 6) is 0. The first-order valence-electron chi connectivity index (χ1n) is 23.0. The number of hydrogen-bond donors (Lipinski definition) is 2. The lowest BCUT2D eigenvalue weighted by atomic mass is 9.80. The smallest absolute Gasteiger partial charge is 0.423 e. The van der Waals surface area contributed by atoms with E-state index in [1.807, 2.05) is 66.2 Å². The van der Waals surface area contributed by atoms with Crippen molar-refractivity contribution >= 4 is 135 Å². The normalized spacial score (nSPS) is 11.4. The van der Waals surface area contributed by atoms with Crippen LogP contribution in [0.15, 0.2) is 235 Å². The van der Waals surface area contributed by atoms with Crippen LogP contribution >= 0.6 is 38.6 Å². The van der Waals surface area contributed by atoms with E-state index in [1.165, 1.54) is 96.0 Å². The van der Waals surface area contributed by atoms with Crippen molar-refractivity contribution in [2.75, 3.05) is 0 Å². The van der Waals surface area contributed by atoms with Crippen LogP contribution in [0.3, 0.4) is 0 Å². The Morgan fingerprint density at radius 2 is 0.771 bits per heavy atom. The summed E-state index contributed by atoms with van der Waals surface area (Å²) >= 11 is 6.97. The van der Waals surface area contributed by atoms with Crippen LogP contribution in [-0.2, 0) is 0 Å². The van der Waals surface area contributed by atoms with Gasteiger partial charge in [-0.3, -0.25) is 9.97 Å². The first-order valence-corrected chi connectivity index (χ1v) is 25.5. The highest BCUT2D eigenvalue weighted by Crippen LogP contribution is 2.41. The van der Waals surface area contributed by atoms with E-state index in [-0.39, 0.29) is 0 Å². The number of aromatic nitrogens is 2. The Hall–Kier alpha value is -7.56. The first kappa shape index (κ1) is 43.7.